The van der Waals surface area contributed by atoms with E-state index in [1.807, 2.05) is 0 Å². The zero-order valence-electron chi connectivity index (χ0n) is 30.5. The number of rotatable bonds is 10. The lowest BCUT2D eigenvalue weighted by molar-refractivity contribution is -0.144. The van der Waals surface area contributed by atoms with Crippen LogP contribution in [0, 0.1) is 17.6 Å². The fourth-order valence-electron chi connectivity index (χ4n) is 8.09. The predicted molar refractivity (Wildman–Crippen MR) is 197 cm³/mol. The molecule has 0 bridgehead atoms. The van der Waals surface area contributed by atoms with Crippen LogP contribution in [0.4, 0.5) is 36.6 Å². The third-order valence-electron chi connectivity index (χ3n) is 10.5. The van der Waals surface area contributed by atoms with Crippen molar-refractivity contribution in [3.8, 4) is 22.5 Å². The first kappa shape index (κ1) is 39.3. The summed E-state index contributed by atoms with van der Waals surface area (Å²) < 4.78 is 133. The van der Waals surface area contributed by atoms with Crippen LogP contribution in [0.15, 0.2) is 54.7 Å². The summed E-state index contributed by atoms with van der Waals surface area (Å²) >= 11 is 6.60. The molecule has 2 aliphatic rings. The number of hydrogen-bond acceptors (Lipinski definition) is 7. The number of anilines is 1. The number of carbonyl (C=O) groups is 1. The van der Waals surface area contributed by atoms with Gasteiger partial charge >= 0.3 is 6.18 Å². The number of fused-ring (bicyclic) bond motifs is 4. The molecule has 3 unspecified atom stereocenters. The Labute approximate surface area is 330 Å². The molecule has 2 aromatic carbocycles. The zero-order chi connectivity index (χ0) is 41.6. The minimum atomic E-state index is -5.08. The van der Waals surface area contributed by atoms with E-state index >= 15 is 8.78 Å². The van der Waals surface area contributed by atoms with Crippen molar-refractivity contribution in [3.63, 3.8) is 0 Å². The van der Waals surface area contributed by atoms with Crippen LogP contribution in [0.2, 0.25) is 5.02 Å². The number of nitrogens with zero attached hydrogens (tertiary/aromatic N) is 7. The number of aromatic nitrogens is 7. The smallest absolute Gasteiger partial charge is 0.346 e. The molecule has 0 radical (unpaired) electrons. The van der Waals surface area contributed by atoms with Crippen molar-refractivity contribution >= 4 is 44.3 Å². The number of benzene rings is 2. The normalized spacial score (nSPS) is 17.8. The van der Waals surface area contributed by atoms with Gasteiger partial charge in [-0.05, 0) is 61.1 Å². The van der Waals surface area contributed by atoms with Crippen molar-refractivity contribution < 1.29 is 43.9 Å². The summed E-state index contributed by atoms with van der Waals surface area (Å²) in [7, 11) is -0.662. The van der Waals surface area contributed by atoms with Gasteiger partial charge in [-0.25, -0.2) is 22.2 Å². The van der Waals surface area contributed by atoms with Crippen molar-refractivity contribution in [1.82, 2.24) is 39.6 Å². The summed E-state index contributed by atoms with van der Waals surface area (Å²) in [6, 6.07) is 9.31. The fourth-order valence-corrected chi connectivity index (χ4v) is 8.83. The van der Waals surface area contributed by atoms with Crippen molar-refractivity contribution in [3.05, 3.63) is 99.6 Å². The summed E-state index contributed by atoms with van der Waals surface area (Å²) in [5.41, 5.74) is -1.21. The molecule has 4 aromatic heterocycles. The third kappa shape index (κ3) is 6.84. The third-order valence-corrected chi connectivity index (χ3v) is 11.4. The number of sulfonamides is 1. The van der Waals surface area contributed by atoms with E-state index in [9.17, 15) is 35.2 Å². The second-order valence-corrected chi connectivity index (χ2v) is 16.6. The Morgan fingerprint density at radius 2 is 1.71 bits per heavy atom. The molecule has 6 aromatic rings. The minimum absolute atomic E-state index is 0.00397. The van der Waals surface area contributed by atoms with Gasteiger partial charge in [-0.15, -0.1) is 0 Å². The molecule has 3 atom stereocenters. The van der Waals surface area contributed by atoms with Gasteiger partial charge in [0, 0.05) is 49.0 Å². The topological polar surface area (TPSA) is 142 Å². The van der Waals surface area contributed by atoms with E-state index in [-0.39, 0.29) is 52.3 Å². The van der Waals surface area contributed by atoms with Crippen molar-refractivity contribution in [2.45, 2.75) is 49.9 Å². The number of alkyl halides is 5. The van der Waals surface area contributed by atoms with Crippen LogP contribution in [-0.4, -0.2) is 54.9 Å². The van der Waals surface area contributed by atoms with E-state index in [0.29, 0.717) is 33.2 Å². The standard InChI is InChI=1S/C37H31ClF7N9O3S/c1-52-27(10-11-46-52)25-9-6-20(21-5-8-24(38)30-32(21)53(2)50-35(30)51-58(3,56)57)31(48-25)26(14-17-12-18(39)15-19(40)13-17)47-28(55)16-54-34-29(33(49-54)37(43,44)45)22-4-7-23(22)36(34,41)42/h5-6,8-13,15,22-23,26H,4,7,14,16H2,1-3H3,(H,47,55)(H,50,51). The Hall–Kier alpha value is -5.50. The molecule has 21 heteroatoms. The molecule has 12 nitrogen and oxygen atoms in total. The molecule has 58 heavy (non-hydrogen) atoms. The average Bonchev–Trinajstić information content (AvgIpc) is 3.80. The van der Waals surface area contributed by atoms with Crippen LogP contribution in [0.3, 0.4) is 0 Å². The molecule has 0 spiro atoms. The van der Waals surface area contributed by atoms with Gasteiger partial charge in [-0.2, -0.15) is 37.2 Å². The van der Waals surface area contributed by atoms with Crippen LogP contribution in [-0.2, 0) is 54.0 Å². The van der Waals surface area contributed by atoms with Gasteiger partial charge in [0.05, 0.1) is 45.3 Å². The quantitative estimate of drug-likeness (QED) is 0.138. The van der Waals surface area contributed by atoms with Crippen LogP contribution < -0.4 is 10.0 Å². The molecule has 1 saturated carbocycles. The number of hydrogen-bond donors (Lipinski definition) is 2. The van der Waals surface area contributed by atoms with E-state index < -0.39 is 81.0 Å². The summed E-state index contributed by atoms with van der Waals surface area (Å²) in [5, 5.41) is 15.0. The highest BCUT2D eigenvalue weighted by molar-refractivity contribution is 7.92. The van der Waals surface area contributed by atoms with Crippen molar-refractivity contribution in [1.29, 1.82) is 0 Å². The van der Waals surface area contributed by atoms with Gasteiger partial charge in [0.25, 0.3) is 5.92 Å². The molecular weight excluding hydrogens is 819 g/mol. The monoisotopic (exact) mass is 849 g/mol. The lowest BCUT2D eigenvalue weighted by Crippen LogP contribution is -2.36. The molecule has 1 amide bonds. The summed E-state index contributed by atoms with van der Waals surface area (Å²) in [5.74, 6) is -9.15. The van der Waals surface area contributed by atoms with E-state index in [0.717, 1.165) is 18.4 Å². The van der Waals surface area contributed by atoms with Crippen LogP contribution in [0.5, 0.6) is 0 Å². The summed E-state index contributed by atoms with van der Waals surface area (Å²) in [4.78, 5) is 18.9. The number of halogens is 8. The lowest BCUT2D eigenvalue weighted by Gasteiger charge is -2.34. The lowest BCUT2D eigenvalue weighted by atomic mass is 9.73. The largest absolute Gasteiger partial charge is 0.435 e. The van der Waals surface area contributed by atoms with Gasteiger partial charge < -0.3 is 5.32 Å². The zero-order valence-corrected chi connectivity index (χ0v) is 32.1. The number of pyridine rings is 1. The maximum atomic E-state index is 15.7. The molecule has 2 aliphatic carbocycles. The van der Waals surface area contributed by atoms with E-state index in [4.69, 9.17) is 16.6 Å². The Morgan fingerprint density at radius 1 is 1.00 bits per heavy atom. The van der Waals surface area contributed by atoms with Crippen LogP contribution >= 0.6 is 11.6 Å². The van der Waals surface area contributed by atoms with Gasteiger partial charge in [-0.3, -0.25) is 23.6 Å². The molecule has 304 valence electrons. The molecule has 4 heterocycles. The molecule has 1 fully saturated rings. The number of aryl methyl sites for hydroxylation is 2. The summed E-state index contributed by atoms with van der Waals surface area (Å²) in [6.07, 6.45) is -2.88. The Bertz CT molecular complexity index is 2750. The molecular formula is C37H31ClF7N9O3S. The average molecular weight is 850 g/mol. The second kappa shape index (κ2) is 13.8. The maximum Gasteiger partial charge on any atom is 0.435 e. The fraction of sp³-hybridized carbons (Fsp3) is 0.324. The first-order chi connectivity index (χ1) is 27.2. The number of nitrogens with one attached hydrogen (secondary N) is 2. The van der Waals surface area contributed by atoms with Gasteiger partial charge in [0.2, 0.25) is 15.9 Å². The second-order valence-electron chi connectivity index (χ2n) is 14.4. The van der Waals surface area contributed by atoms with Gasteiger partial charge in [0.15, 0.2) is 11.5 Å². The summed E-state index contributed by atoms with van der Waals surface area (Å²) in [6.45, 7) is -1.06. The first-order valence-corrected chi connectivity index (χ1v) is 19.9. The Kier molecular flexibility index (Phi) is 9.37. The number of amides is 1. The van der Waals surface area contributed by atoms with Gasteiger partial charge in [-0.1, -0.05) is 23.7 Å². The molecule has 2 N–H and O–H groups in total. The molecule has 0 saturated heterocycles. The SMILES string of the molecule is Cn1nccc1-c1ccc(-c2ccc(Cl)c3c(NS(C)(=O)=O)nn(C)c23)c(C(Cc2cc(F)cc(F)c2)NC(=O)Cn2nc(C(F)(F)F)c3c2C(F)(F)C2CCC32)n1. The van der Waals surface area contributed by atoms with E-state index in [1.165, 1.54) is 28.7 Å². The molecule has 8 rings (SSSR count). The molecule has 0 aliphatic heterocycles. The Balaban J connectivity index is 1.29. The first-order valence-electron chi connectivity index (χ1n) is 17.6. The Morgan fingerprint density at radius 3 is 2.33 bits per heavy atom. The minimum Gasteiger partial charge on any atom is -0.346 e. The predicted octanol–water partition coefficient (Wildman–Crippen LogP) is 7.25. The van der Waals surface area contributed by atoms with Crippen LogP contribution in [0.1, 0.15) is 53.0 Å². The van der Waals surface area contributed by atoms with Crippen molar-refractivity contribution in [2.24, 2.45) is 20.0 Å². The van der Waals surface area contributed by atoms with E-state index in [2.05, 4.69) is 25.3 Å². The van der Waals surface area contributed by atoms with Crippen LogP contribution in [0.25, 0.3) is 33.4 Å². The highest BCUT2D eigenvalue weighted by atomic mass is 35.5. The highest BCUT2D eigenvalue weighted by Gasteiger charge is 2.63. The number of carbonyl (C=O) groups excluding carboxylic acids is 1. The highest BCUT2D eigenvalue weighted by Crippen LogP contribution is 2.64. The van der Waals surface area contributed by atoms with E-state index in [1.54, 1.807) is 31.3 Å². The maximum absolute atomic E-state index is 15.7. The van der Waals surface area contributed by atoms with Crippen molar-refractivity contribution in [2.75, 3.05) is 11.0 Å². The van der Waals surface area contributed by atoms with Gasteiger partial charge in [0.1, 0.15) is 23.9 Å².